The van der Waals surface area contributed by atoms with Gasteiger partial charge in [0.15, 0.2) is 6.29 Å². The maximum Gasteiger partial charge on any atom is 0.172 e. The zero-order chi connectivity index (χ0) is 9.30. The summed E-state index contributed by atoms with van der Waals surface area (Å²) < 4.78 is 4.95. The van der Waals surface area contributed by atoms with E-state index >= 15 is 0 Å². The van der Waals surface area contributed by atoms with Crippen molar-refractivity contribution in [3.05, 3.63) is 0 Å². The van der Waals surface area contributed by atoms with E-state index in [2.05, 4.69) is 0 Å². The number of ether oxygens (including phenoxy) is 1. The summed E-state index contributed by atoms with van der Waals surface area (Å²) in [6.07, 6.45) is -3.31. The van der Waals surface area contributed by atoms with Crippen LogP contribution in [0.1, 0.15) is 13.3 Å². The molecule has 5 nitrogen and oxygen atoms in total. The molecule has 0 bridgehead atoms. The highest BCUT2D eigenvalue weighted by molar-refractivity contribution is 4.90. The zero-order valence-corrected chi connectivity index (χ0v) is 6.92. The average Bonchev–Trinajstić information content (AvgIpc) is 2.08. The molecule has 1 saturated heterocycles. The molecule has 5 heteroatoms. The molecule has 1 rings (SSSR count). The van der Waals surface area contributed by atoms with Gasteiger partial charge in [-0.15, -0.1) is 0 Å². The molecular weight excluding hydrogens is 162 g/mol. The molecule has 1 aliphatic heterocycles. The predicted octanol–water partition coefficient (Wildman–Crippen LogP) is -1.84. The van der Waals surface area contributed by atoms with E-state index in [1.54, 1.807) is 6.92 Å². The van der Waals surface area contributed by atoms with Crippen LogP contribution in [0.3, 0.4) is 0 Å². The zero-order valence-electron chi connectivity index (χ0n) is 6.92. The van der Waals surface area contributed by atoms with E-state index in [-0.39, 0.29) is 0 Å². The standard InChI is InChI=1S/C7H15NO4/c1-2-3-5(9)6(10)4(8)7(11)12-3/h3-7,9-11H,2,8H2,1H3/t3?,4-,5?,6-,7?/m1/s1. The molecule has 1 fully saturated rings. The Kier molecular flexibility index (Phi) is 3.03. The van der Waals surface area contributed by atoms with Gasteiger partial charge < -0.3 is 25.8 Å². The van der Waals surface area contributed by atoms with Gasteiger partial charge in [0.1, 0.15) is 12.2 Å². The molecule has 0 aromatic carbocycles. The summed E-state index contributed by atoms with van der Waals surface area (Å²) in [5.41, 5.74) is 5.34. The number of aliphatic hydroxyl groups excluding tert-OH is 3. The first-order valence-electron chi connectivity index (χ1n) is 4.03. The molecule has 5 atom stereocenters. The van der Waals surface area contributed by atoms with Crippen LogP contribution in [-0.2, 0) is 4.74 Å². The lowest BCUT2D eigenvalue weighted by Crippen LogP contribution is -2.60. The minimum Gasteiger partial charge on any atom is -0.388 e. The molecule has 0 spiro atoms. The second-order valence-corrected chi connectivity index (χ2v) is 3.03. The molecule has 72 valence electrons. The van der Waals surface area contributed by atoms with Gasteiger partial charge in [-0.25, -0.2) is 0 Å². The minimum atomic E-state index is -1.19. The van der Waals surface area contributed by atoms with Crippen LogP contribution < -0.4 is 5.73 Å². The Hall–Kier alpha value is -0.200. The molecule has 0 aromatic rings. The Morgan fingerprint density at radius 1 is 1.25 bits per heavy atom. The first kappa shape index (κ1) is 9.88. The van der Waals surface area contributed by atoms with Crippen LogP contribution in [0.4, 0.5) is 0 Å². The first-order valence-corrected chi connectivity index (χ1v) is 4.03. The molecule has 0 saturated carbocycles. The summed E-state index contributed by atoms with van der Waals surface area (Å²) >= 11 is 0. The smallest absolute Gasteiger partial charge is 0.172 e. The highest BCUT2D eigenvalue weighted by Crippen LogP contribution is 2.20. The Balaban J connectivity index is 2.63. The van der Waals surface area contributed by atoms with Gasteiger partial charge in [0.25, 0.3) is 0 Å². The molecule has 0 aliphatic carbocycles. The summed E-state index contributed by atoms with van der Waals surface area (Å²) in [6.45, 7) is 1.80. The fraction of sp³-hybridized carbons (Fsp3) is 1.00. The van der Waals surface area contributed by atoms with E-state index in [1.807, 2.05) is 0 Å². The normalized spacial score (nSPS) is 49.2. The predicted molar refractivity (Wildman–Crippen MR) is 41.2 cm³/mol. The van der Waals surface area contributed by atoms with Crippen molar-refractivity contribution in [3.8, 4) is 0 Å². The van der Waals surface area contributed by atoms with E-state index in [0.29, 0.717) is 6.42 Å². The van der Waals surface area contributed by atoms with Gasteiger partial charge in [0, 0.05) is 0 Å². The highest BCUT2D eigenvalue weighted by atomic mass is 16.6. The minimum absolute atomic E-state index is 0.530. The van der Waals surface area contributed by atoms with Crippen molar-refractivity contribution in [2.24, 2.45) is 5.73 Å². The molecular formula is C7H15NO4. The summed E-state index contributed by atoms with van der Waals surface area (Å²) in [6, 6.07) is -0.928. The summed E-state index contributed by atoms with van der Waals surface area (Å²) in [5, 5.41) is 27.8. The van der Waals surface area contributed by atoms with Gasteiger partial charge in [-0.1, -0.05) is 6.92 Å². The molecule has 0 radical (unpaired) electrons. The quantitative estimate of drug-likeness (QED) is 0.377. The van der Waals surface area contributed by atoms with Crippen LogP contribution in [-0.4, -0.2) is 46.0 Å². The average molecular weight is 177 g/mol. The van der Waals surface area contributed by atoms with Gasteiger partial charge in [-0.05, 0) is 6.42 Å². The molecule has 5 N–H and O–H groups in total. The van der Waals surface area contributed by atoms with Crippen LogP contribution in [0, 0.1) is 0 Å². The Bertz CT molecular complexity index is 150. The van der Waals surface area contributed by atoms with Crippen molar-refractivity contribution in [1.29, 1.82) is 0 Å². The second-order valence-electron chi connectivity index (χ2n) is 3.03. The largest absolute Gasteiger partial charge is 0.388 e. The highest BCUT2D eigenvalue weighted by Gasteiger charge is 2.40. The molecule has 0 amide bonds. The van der Waals surface area contributed by atoms with Gasteiger partial charge in [0.2, 0.25) is 0 Å². The van der Waals surface area contributed by atoms with Crippen molar-refractivity contribution in [2.45, 2.75) is 44.0 Å². The third-order valence-electron chi connectivity index (χ3n) is 2.17. The van der Waals surface area contributed by atoms with Crippen molar-refractivity contribution in [3.63, 3.8) is 0 Å². The molecule has 3 unspecified atom stereocenters. The van der Waals surface area contributed by atoms with E-state index in [1.165, 1.54) is 0 Å². The topological polar surface area (TPSA) is 95.9 Å². The Labute approximate surface area is 70.8 Å². The number of nitrogens with two attached hydrogens (primary N) is 1. The number of hydrogen-bond acceptors (Lipinski definition) is 5. The van der Waals surface area contributed by atoms with Gasteiger partial charge in [-0.3, -0.25) is 0 Å². The number of aliphatic hydroxyl groups is 3. The lowest BCUT2D eigenvalue weighted by Gasteiger charge is -2.38. The van der Waals surface area contributed by atoms with Crippen LogP contribution >= 0.6 is 0 Å². The molecule has 0 aromatic heterocycles. The third-order valence-corrected chi connectivity index (χ3v) is 2.17. The van der Waals surface area contributed by atoms with E-state index in [9.17, 15) is 10.2 Å². The Morgan fingerprint density at radius 3 is 2.33 bits per heavy atom. The van der Waals surface area contributed by atoms with Crippen molar-refractivity contribution in [1.82, 2.24) is 0 Å². The molecule has 1 heterocycles. The molecule has 1 aliphatic rings. The maximum absolute atomic E-state index is 9.36. The van der Waals surface area contributed by atoms with Gasteiger partial charge >= 0.3 is 0 Å². The lowest BCUT2D eigenvalue weighted by atomic mass is 9.96. The first-order chi connectivity index (χ1) is 5.57. The summed E-state index contributed by atoms with van der Waals surface area (Å²) in [4.78, 5) is 0. The van der Waals surface area contributed by atoms with Crippen molar-refractivity contribution >= 4 is 0 Å². The van der Waals surface area contributed by atoms with Gasteiger partial charge in [0.05, 0.1) is 12.1 Å². The molecule has 12 heavy (non-hydrogen) atoms. The van der Waals surface area contributed by atoms with E-state index < -0.39 is 30.6 Å². The second kappa shape index (κ2) is 3.68. The van der Waals surface area contributed by atoms with E-state index in [0.717, 1.165) is 0 Å². The van der Waals surface area contributed by atoms with Crippen LogP contribution in [0.2, 0.25) is 0 Å². The number of rotatable bonds is 1. The van der Waals surface area contributed by atoms with Crippen LogP contribution in [0.15, 0.2) is 0 Å². The maximum atomic E-state index is 9.36. The van der Waals surface area contributed by atoms with Gasteiger partial charge in [-0.2, -0.15) is 0 Å². The Morgan fingerprint density at radius 2 is 1.83 bits per heavy atom. The fourth-order valence-corrected chi connectivity index (χ4v) is 1.30. The monoisotopic (exact) mass is 177 g/mol. The van der Waals surface area contributed by atoms with Crippen molar-refractivity contribution < 1.29 is 20.1 Å². The SMILES string of the molecule is CCC1OC(O)[C@H](N)[C@@H](O)C1O. The van der Waals surface area contributed by atoms with Crippen LogP contribution in [0.25, 0.3) is 0 Å². The summed E-state index contributed by atoms with van der Waals surface area (Å²) in [7, 11) is 0. The van der Waals surface area contributed by atoms with E-state index in [4.69, 9.17) is 15.6 Å². The lowest BCUT2D eigenvalue weighted by molar-refractivity contribution is -0.242. The third kappa shape index (κ3) is 1.60. The van der Waals surface area contributed by atoms with Crippen molar-refractivity contribution in [2.75, 3.05) is 0 Å². The number of hydrogen-bond donors (Lipinski definition) is 4. The van der Waals surface area contributed by atoms with Crippen LogP contribution in [0.5, 0.6) is 0 Å². The summed E-state index contributed by atoms with van der Waals surface area (Å²) in [5.74, 6) is 0. The fourth-order valence-electron chi connectivity index (χ4n) is 1.30.